The fraction of sp³-hybridized carbons (Fsp3) is 0.250. The number of hydrogen-bond donors (Lipinski definition) is 2. The van der Waals surface area contributed by atoms with Gasteiger partial charge in [0.25, 0.3) is 0 Å². The zero-order valence-corrected chi connectivity index (χ0v) is 14.6. The highest BCUT2D eigenvalue weighted by atomic mass is 32.2. The molecule has 0 aliphatic carbocycles. The van der Waals surface area contributed by atoms with E-state index in [1.165, 1.54) is 26.0 Å². The van der Waals surface area contributed by atoms with Crippen molar-refractivity contribution in [2.24, 2.45) is 0 Å². The number of carboxylic acid groups (broad SMARTS) is 1. The first-order valence-corrected chi connectivity index (χ1v) is 8.65. The molecule has 2 rings (SSSR count). The highest BCUT2D eigenvalue weighted by Crippen LogP contribution is 2.28. The van der Waals surface area contributed by atoms with Crippen molar-refractivity contribution in [3.8, 4) is 0 Å². The van der Waals surface area contributed by atoms with Gasteiger partial charge in [0.05, 0.1) is 7.11 Å². The van der Waals surface area contributed by atoms with Crippen LogP contribution in [-0.2, 0) is 19.6 Å². The van der Waals surface area contributed by atoms with E-state index in [4.69, 9.17) is 4.42 Å². The minimum Gasteiger partial charge on any atom is -0.480 e. The summed E-state index contributed by atoms with van der Waals surface area (Å²) in [6, 6.07) is 6.30. The highest BCUT2D eigenvalue weighted by Gasteiger charge is 2.35. The number of benzene rings is 1. The maximum Gasteiger partial charge on any atom is 0.342 e. The summed E-state index contributed by atoms with van der Waals surface area (Å²) in [5.74, 6) is -2.24. The number of ether oxygens (including phenoxy) is 1. The summed E-state index contributed by atoms with van der Waals surface area (Å²) in [6.45, 7) is 2.79. The Morgan fingerprint density at radius 2 is 1.76 bits per heavy atom. The fourth-order valence-corrected chi connectivity index (χ4v) is 4.03. The minimum atomic E-state index is -4.37. The van der Waals surface area contributed by atoms with Gasteiger partial charge in [-0.25, -0.2) is 13.2 Å². The van der Waals surface area contributed by atoms with Crippen LogP contribution in [-0.4, -0.2) is 32.6 Å². The van der Waals surface area contributed by atoms with Gasteiger partial charge >= 0.3 is 11.9 Å². The van der Waals surface area contributed by atoms with Gasteiger partial charge in [-0.3, -0.25) is 4.79 Å². The predicted octanol–water partition coefficient (Wildman–Crippen LogP) is 1.79. The van der Waals surface area contributed by atoms with Gasteiger partial charge in [-0.2, -0.15) is 4.72 Å². The van der Waals surface area contributed by atoms with Crippen molar-refractivity contribution in [2.45, 2.75) is 24.8 Å². The number of sulfonamides is 1. The molecule has 0 radical (unpaired) electrons. The lowest BCUT2D eigenvalue weighted by molar-refractivity contribution is -0.139. The molecule has 9 heteroatoms. The number of methoxy groups -OCH3 is 1. The first-order valence-electron chi connectivity index (χ1n) is 7.17. The van der Waals surface area contributed by atoms with E-state index in [1.807, 2.05) is 0 Å². The standard InChI is InChI=1S/C16H17NO7S/c1-9-12(16(20)23-3)14(10(2)24-9)25(21,22)17-13(15(18)19)11-7-5-4-6-8-11/h4-8,13,17H,1-3H3,(H,18,19)/t13-/m0/s1. The molecule has 0 aliphatic heterocycles. The summed E-state index contributed by atoms with van der Waals surface area (Å²) in [6.07, 6.45) is 0. The van der Waals surface area contributed by atoms with Gasteiger partial charge in [0.15, 0.2) is 0 Å². The number of aliphatic carboxylic acids is 1. The van der Waals surface area contributed by atoms with Crippen molar-refractivity contribution in [3.05, 3.63) is 53.0 Å². The minimum absolute atomic E-state index is 0.0393. The number of nitrogens with one attached hydrogen (secondary N) is 1. The van der Waals surface area contributed by atoms with Gasteiger partial charge in [0, 0.05) is 0 Å². The van der Waals surface area contributed by atoms with Crippen LogP contribution in [0.4, 0.5) is 0 Å². The molecule has 0 amide bonds. The van der Waals surface area contributed by atoms with E-state index in [0.717, 1.165) is 7.11 Å². The van der Waals surface area contributed by atoms with Crippen molar-refractivity contribution in [2.75, 3.05) is 7.11 Å². The van der Waals surface area contributed by atoms with E-state index in [1.54, 1.807) is 18.2 Å². The molecule has 1 aromatic carbocycles. The summed E-state index contributed by atoms with van der Waals surface area (Å²) < 4.78 is 37.4. The predicted molar refractivity (Wildman–Crippen MR) is 86.7 cm³/mol. The first-order chi connectivity index (χ1) is 11.7. The number of carbonyl (C=O) groups is 2. The second-order valence-electron chi connectivity index (χ2n) is 5.21. The Balaban J connectivity index is 2.52. The Labute approximate surface area is 144 Å². The molecule has 0 saturated carbocycles. The molecule has 134 valence electrons. The maximum atomic E-state index is 12.8. The smallest absolute Gasteiger partial charge is 0.342 e. The molecular formula is C16H17NO7S. The average molecular weight is 367 g/mol. The van der Waals surface area contributed by atoms with Crippen molar-refractivity contribution in [1.29, 1.82) is 0 Å². The van der Waals surface area contributed by atoms with Crippen molar-refractivity contribution < 1.29 is 32.3 Å². The zero-order chi connectivity index (χ0) is 18.8. The molecule has 1 atom stereocenters. The van der Waals surface area contributed by atoms with Crippen LogP contribution in [0.25, 0.3) is 0 Å². The SMILES string of the molecule is COC(=O)c1c(C)oc(C)c1S(=O)(=O)N[C@H](C(=O)O)c1ccccc1. The molecular weight excluding hydrogens is 350 g/mol. The summed E-state index contributed by atoms with van der Waals surface area (Å²) in [4.78, 5) is 23.0. The monoisotopic (exact) mass is 367 g/mol. The van der Waals surface area contributed by atoms with Crippen molar-refractivity contribution >= 4 is 22.0 Å². The third-order valence-electron chi connectivity index (χ3n) is 3.52. The van der Waals surface area contributed by atoms with Gasteiger partial charge in [0.2, 0.25) is 10.0 Å². The molecule has 25 heavy (non-hydrogen) atoms. The molecule has 2 N–H and O–H groups in total. The lowest BCUT2D eigenvalue weighted by Crippen LogP contribution is -2.34. The Morgan fingerprint density at radius 1 is 1.16 bits per heavy atom. The Kier molecular flexibility index (Phi) is 5.29. The van der Waals surface area contributed by atoms with Crippen LogP contribution in [0, 0.1) is 13.8 Å². The first kappa shape index (κ1) is 18.7. The van der Waals surface area contributed by atoms with E-state index in [0.29, 0.717) is 0 Å². The number of carboxylic acids is 1. The number of rotatable bonds is 6. The average Bonchev–Trinajstić information content (AvgIpc) is 2.87. The highest BCUT2D eigenvalue weighted by molar-refractivity contribution is 7.89. The maximum absolute atomic E-state index is 12.8. The van der Waals surface area contributed by atoms with Gasteiger partial charge in [0.1, 0.15) is 28.0 Å². The third kappa shape index (κ3) is 3.72. The van der Waals surface area contributed by atoms with Crippen LogP contribution >= 0.6 is 0 Å². The molecule has 1 heterocycles. The van der Waals surface area contributed by atoms with E-state index in [-0.39, 0.29) is 22.6 Å². The van der Waals surface area contributed by atoms with Crippen LogP contribution in [0.5, 0.6) is 0 Å². The summed E-state index contributed by atoms with van der Waals surface area (Å²) in [7, 11) is -3.26. The van der Waals surface area contributed by atoms with Gasteiger partial charge in [-0.1, -0.05) is 30.3 Å². The lowest BCUT2D eigenvalue weighted by atomic mass is 10.1. The summed E-state index contributed by atoms with van der Waals surface area (Å²) in [5, 5.41) is 9.39. The Bertz CT molecular complexity index is 900. The van der Waals surface area contributed by atoms with Crippen molar-refractivity contribution in [1.82, 2.24) is 4.72 Å². The zero-order valence-electron chi connectivity index (χ0n) is 13.8. The second-order valence-corrected chi connectivity index (χ2v) is 6.86. The lowest BCUT2D eigenvalue weighted by Gasteiger charge is -2.15. The number of carbonyl (C=O) groups excluding carboxylic acids is 1. The van der Waals surface area contributed by atoms with Gasteiger partial charge in [-0.15, -0.1) is 0 Å². The van der Waals surface area contributed by atoms with E-state index < -0.39 is 32.9 Å². The molecule has 8 nitrogen and oxygen atoms in total. The van der Waals surface area contributed by atoms with Gasteiger partial charge in [-0.05, 0) is 19.4 Å². The largest absolute Gasteiger partial charge is 0.480 e. The van der Waals surface area contributed by atoms with E-state index >= 15 is 0 Å². The van der Waals surface area contributed by atoms with Crippen LogP contribution < -0.4 is 4.72 Å². The quantitative estimate of drug-likeness (QED) is 0.746. The number of aryl methyl sites for hydroxylation is 2. The van der Waals surface area contributed by atoms with Crippen molar-refractivity contribution in [3.63, 3.8) is 0 Å². The normalized spacial score (nSPS) is 12.6. The fourth-order valence-electron chi connectivity index (χ4n) is 2.45. The molecule has 1 aromatic heterocycles. The van der Waals surface area contributed by atoms with Gasteiger partial charge < -0.3 is 14.3 Å². The number of furan rings is 1. The third-order valence-corrected chi connectivity index (χ3v) is 5.09. The summed E-state index contributed by atoms with van der Waals surface area (Å²) >= 11 is 0. The molecule has 0 fully saturated rings. The molecule has 2 aromatic rings. The van der Waals surface area contributed by atoms with Crippen LogP contribution in [0.2, 0.25) is 0 Å². The number of esters is 1. The van der Waals surface area contributed by atoms with Crippen LogP contribution in [0.15, 0.2) is 39.6 Å². The molecule has 0 spiro atoms. The van der Waals surface area contributed by atoms with Crippen LogP contribution in [0.1, 0.15) is 33.5 Å². The molecule has 0 aliphatic rings. The molecule has 0 saturated heterocycles. The topological polar surface area (TPSA) is 123 Å². The second kappa shape index (κ2) is 7.08. The number of hydrogen-bond acceptors (Lipinski definition) is 6. The molecule has 0 bridgehead atoms. The summed E-state index contributed by atoms with van der Waals surface area (Å²) in [5.41, 5.74) is -0.0132. The Morgan fingerprint density at radius 3 is 2.28 bits per heavy atom. The van der Waals surface area contributed by atoms with E-state index in [2.05, 4.69) is 9.46 Å². The molecule has 0 unspecified atom stereocenters. The van der Waals surface area contributed by atoms with Crippen LogP contribution in [0.3, 0.4) is 0 Å². The Hall–Kier alpha value is -2.65. The van der Waals surface area contributed by atoms with E-state index in [9.17, 15) is 23.1 Å².